The van der Waals surface area contributed by atoms with Crippen LogP contribution < -0.4 is 0 Å². The molecule has 4 rings (SSSR count). The number of hydrogen-bond donors (Lipinski definition) is 3. The van der Waals surface area contributed by atoms with Crippen LogP contribution in [0.25, 0.3) is 0 Å². The molecule has 0 spiro atoms. The maximum absolute atomic E-state index is 12.4. The standard InChI is InChI=1S/C21H30O5/c1-19-7-5-13(23)9-12(19)3-4-14-15-6-8-21(26,17(25)11-22)20(15,2)10-16(24)18(14)19/h9,14-16,18,22,24,26H,3-8,10-11H2,1-2H3/t14?,15?,16-,18?,19?,20?,21-/m0/s1/i5D,7D/t5?,7?,14?,15?,16-,18?,19?,20?,21-. The van der Waals surface area contributed by atoms with Crippen LogP contribution in [0.5, 0.6) is 0 Å². The Morgan fingerprint density at radius 2 is 2.12 bits per heavy atom. The molecule has 0 aromatic heterocycles. The van der Waals surface area contributed by atoms with E-state index >= 15 is 0 Å². The first-order chi connectivity index (χ1) is 13.0. The van der Waals surface area contributed by atoms with Gasteiger partial charge in [-0.2, -0.15) is 0 Å². The number of fused-ring (bicyclic) bond motifs is 5. The molecule has 0 radical (unpaired) electrons. The van der Waals surface area contributed by atoms with Gasteiger partial charge in [0.1, 0.15) is 12.2 Å². The van der Waals surface area contributed by atoms with Gasteiger partial charge in [0, 0.05) is 14.6 Å². The third-order valence-corrected chi connectivity index (χ3v) is 8.25. The fraction of sp³-hybridized carbons (Fsp3) is 0.810. The first-order valence-corrected chi connectivity index (χ1v) is 9.66. The van der Waals surface area contributed by atoms with E-state index in [0.717, 1.165) is 12.0 Å². The van der Waals surface area contributed by atoms with Gasteiger partial charge in [0.05, 0.1) is 6.10 Å². The predicted octanol–water partition coefficient (Wildman–Crippen LogP) is 1.78. The fourth-order valence-electron chi connectivity index (χ4n) is 6.92. The number of carbonyl (C=O) groups is 2. The van der Waals surface area contributed by atoms with E-state index < -0.39 is 47.7 Å². The van der Waals surface area contributed by atoms with Gasteiger partial charge in [-0.25, -0.2) is 0 Å². The largest absolute Gasteiger partial charge is 0.393 e. The first kappa shape index (κ1) is 16.0. The minimum Gasteiger partial charge on any atom is -0.393 e. The van der Waals surface area contributed by atoms with Crippen LogP contribution in [-0.2, 0) is 9.59 Å². The summed E-state index contributed by atoms with van der Waals surface area (Å²) >= 11 is 0. The smallest absolute Gasteiger partial charge is 0.190 e. The van der Waals surface area contributed by atoms with Crippen molar-refractivity contribution < 1.29 is 27.7 Å². The summed E-state index contributed by atoms with van der Waals surface area (Å²) in [6.07, 6.45) is 1.08. The molecular weight excluding hydrogens is 332 g/mol. The van der Waals surface area contributed by atoms with E-state index in [0.29, 0.717) is 12.8 Å². The van der Waals surface area contributed by atoms with Crippen LogP contribution in [0.15, 0.2) is 11.6 Å². The summed E-state index contributed by atoms with van der Waals surface area (Å²) in [6, 6.07) is 0. The summed E-state index contributed by atoms with van der Waals surface area (Å²) in [5.74, 6) is -1.19. The molecule has 0 aromatic rings. The summed E-state index contributed by atoms with van der Waals surface area (Å²) < 4.78 is 16.8. The summed E-state index contributed by atoms with van der Waals surface area (Å²) in [7, 11) is 0. The van der Waals surface area contributed by atoms with E-state index in [1.165, 1.54) is 6.08 Å². The van der Waals surface area contributed by atoms with E-state index in [1.54, 1.807) is 0 Å². The van der Waals surface area contributed by atoms with Gasteiger partial charge in [-0.1, -0.05) is 19.4 Å². The second-order valence-corrected chi connectivity index (χ2v) is 9.19. The lowest BCUT2D eigenvalue weighted by molar-refractivity contribution is -0.182. The van der Waals surface area contributed by atoms with Gasteiger partial charge in [0.2, 0.25) is 0 Å². The number of rotatable bonds is 2. The Bertz CT molecular complexity index is 753. The van der Waals surface area contributed by atoms with Gasteiger partial charge >= 0.3 is 0 Å². The first-order valence-electron chi connectivity index (χ1n) is 10.8. The highest BCUT2D eigenvalue weighted by Gasteiger charge is 2.68. The van der Waals surface area contributed by atoms with Crippen molar-refractivity contribution in [3.05, 3.63) is 11.6 Å². The molecule has 0 aromatic carbocycles. The van der Waals surface area contributed by atoms with Crippen molar-refractivity contribution in [3.63, 3.8) is 0 Å². The van der Waals surface area contributed by atoms with E-state index in [4.69, 9.17) is 2.74 Å². The number of allylic oxidation sites excluding steroid dienone is 1. The molecule has 3 saturated carbocycles. The Labute approximate surface area is 157 Å². The lowest BCUT2D eigenvalue weighted by Gasteiger charge is -2.60. The molecule has 7 unspecified atom stereocenters. The molecule has 3 fully saturated rings. The van der Waals surface area contributed by atoms with Crippen molar-refractivity contribution in [2.24, 2.45) is 28.6 Å². The van der Waals surface area contributed by atoms with Gasteiger partial charge < -0.3 is 15.3 Å². The molecule has 144 valence electrons. The zero-order chi connectivity index (χ0) is 20.6. The minimum absolute atomic E-state index is 0.00432. The molecule has 4 aliphatic carbocycles. The number of hydrogen-bond acceptors (Lipinski definition) is 5. The molecule has 0 heterocycles. The van der Waals surface area contributed by atoms with E-state index in [-0.39, 0.29) is 36.4 Å². The fourth-order valence-corrected chi connectivity index (χ4v) is 6.92. The highest BCUT2D eigenvalue weighted by molar-refractivity contribution is 5.91. The molecule has 0 aliphatic heterocycles. The van der Waals surface area contributed by atoms with E-state index in [1.807, 2.05) is 13.8 Å². The second kappa shape index (κ2) is 5.73. The third-order valence-electron chi connectivity index (χ3n) is 8.25. The third kappa shape index (κ3) is 2.14. The predicted molar refractivity (Wildman–Crippen MR) is 95.1 cm³/mol. The molecular formula is C21H30O5. The summed E-state index contributed by atoms with van der Waals surface area (Å²) in [5.41, 5.74) is -2.36. The number of aliphatic hydroxyl groups is 3. The van der Waals surface area contributed by atoms with Crippen LogP contribution in [0.1, 0.15) is 61.5 Å². The van der Waals surface area contributed by atoms with Gasteiger partial charge in [-0.05, 0) is 67.7 Å². The van der Waals surface area contributed by atoms with Crippen molar-refractivity contribution in [3.8, 4) is 0 Å². The SMILES string of the molecule is [2H]C1C(=O)C=C2CCC3C([C@@H](O)CC4(C)C3CC[C@]4(O)C(=O)CO)C2(C)C1[2H]. The van der Waals surface area contributed by atoms with Crippen molar-refractivity contribution in [1.29, 1.82) is 0 Å². The molecule has 4 aliphatic rings. The second-order valence-electron chi connectivity index (χ2n) is 9.19. The summed E-state index contributed by atoms with van der Waals surface area (Å²) in [5, 5.41) is 31.8. The zero-order valence-electron chi connectivity index (χ0n) is 17.4. The molecule has 5 heteroatoms. The molecule has 26 heavy (non-hydrogen) atoms. The van der Waals surface area contributed by atoms with Gasteiger partial charge in [0.15, 0.2) is 11.6 Å². The normalized spacial score (nSPS) is 57.3. The Hall–Kier alpha value is -1.04. The van der Waals surface area contributed by atoms with Crippen molar-refractivity contribution >= 4 is 11.6 Å². The van der Waals surface area contributed by atoms with Gasteiger partial charge in [0.25, 0.3) is 0 Å². The topological polar surface area (TPSA) is 94.8 Å². The maximum Gasteiger partial charge on any atom is 0.190 e. The number of carbonyl (C=O) groups excluding carboxylic acids is 2. The highest BCUT2D eigenvalue weighted by Crippen LogP contribution is 2.67. The minimum atomic E-state index is -1.64. The van der Waals surface area contributed by atoms with Crippen molar-refractivity contribution in [1.82, 2.24) is 0 Å². The molecule has 0 bridgehead atoms. The van der Waals surface area contributed by atoms with Crippen LogP contribution in [-0.4, -0.2) is 45.2 Å². The lowest BCUT2D eigenvalue weighted by Crippen LogP contribution is -2.62. The molecule has 0 amide bonds. The average molecular weight is 364 g/mol. The van der Waals surface area contributed by atoms with E-state index in [9.17, 15) is 24.9 Å². The monoisotopic (exact) mass is 364 g/mol. The Kier molecular flexibility index (Phi) is 3.52. The highest BCUT2D eigenvalue weighted by atomic mass is 16.3. The number of ketones is 2. The summed E-state index contributed by atoms with van der Waals surface area (Å²) in [6.45, 7) is 3.04. The number of aliphatic hydroxyl groups excluding tert-OH is 2. The van der Waals surface area contributed by atoms with Crippen LogP contribution >= 0.6 is 0 Å². The van der Waals surface area contributed by atoms with Crippen LogP contribution in [0.2, 0.25) is 0 Å². The maximum atomic E-state index is 12.4. The Morgan fingerprint density at radius 3 is 2.81 bits per heavy atom. The Morgan fingerprint density at radius 1 is 1.38 bits per heavy atom. The number of Topliss-reactive ketones (excluding diaryl/α,β-unsaturated/α-hetero) is 1. The lowest BCUT2D eigenvalue weighted by atomic mass is 9.45. The molecule has 0 saturated heterocycles. The van der Waals surface area contributed by atoms with Gasteiger partial charge in [-0.15, -0.1) is 0 Å². The summed E-state index contributed by atoms with van der Waals surface area (Å²) in [4.78, 5) is 24.5. The van der Waals surface area contributed by atoms with Crippen LogP contribution in [0, 0.1) is 28.6 Å². The van der Waals surface area contributed by atoms with Crippen molar-refractivity contribution in [2.75, 3.05) is 6.61 Å². The zero-order valence-corrected chi connectivity index (χ0v) is 15.4. The molecule has 5 nitrogen and oxygen atoms in total. The van der Waals surface area contributed by atoms with Crippen LogP contribution in [0.3, 0.4) is 0 Å². The Balaban J connectivity index is 1.77. The van der Waals surface area contributed by atoms with E-state index in [2.05, 4.69) is 0 Å². The van der Waals surface area contributed by atoms with Gasteiger partial charge in [-0.3, -0.25) is 9.59 Å². The van der Waals surface area contributed by atoms with Crippen LogP contribution in [0.4, 0.5) is 0 Å². The van der Waals surface area contributed by atoms with Crippen molar-refractivity contribution in [2.45, 2.75) is 70.5 Å². The molecule has 9 atom stereocenters. The molecule has 3 N–H and O–H groups in total. The average Bonchev–Trinajstić information content (AvgIpc) is 2.92. The quantitative estimate of drug-likeness (QED) is 0.694.